The van der Waals surface area contributed by atoms with Crippen molar-refractivity contribution in [1.29, 1.82) is 0 Å². The maximum Gasteiger partial charge on any atom is 0.339 e. The number of fused-ring (bicyclic) bond motifs is 1. The number of anilines is 1. The smallest absolute Gasteiger partial charge is 0.339 e. The van der Waals surface area contributed by atoms with Gasteiger partial charge in [-0.2, -0.15) is 5.10 Å². The van der Waals surface area contributed by atoms with Crippen LogP contribution in [0.5, 0.6) is 0 Å². The molecule has 8 nitrogen and oxygen atoms in total. The fourth-order valence-corrected chi connectivity index (χ4v) is 3.36. The molecule has 2 heterocycles. The number of H-pyrrole nitrogens is 1. The van der Waals surface area contributed by atoms with E-state index in [4.69, 9.17) is 4.74 Å². The standard InChI is InChI=1S/C25H24N4O4/c1-25(2,3)20-14-21(29(28-20)16-9-5-4-6-10-16)27-23(31)15-33-24(32)18-13-22(30)26-19-12-8-7-11-17(18)19/h4-14H,15H2,1-3H3,(H,26,30)(H,27,31). The fourth-order valence-electron chi connectivity index (χ4n) is 3.36. The molecule has 0 radical (unpaired) electrons. The number of hydrogen-bond donors (Lipinski definition) is 2. The van der Waals surface area contributed by atoms with Crippen molar-refractivity contribution >= 4 is 28.6 Å². The third-order valence-electron chi connectivity index (χ3n) is 5.05. The highest BCUT2D eigenvalue weighted by Crippen LogP contribution is 2.26. The maximum absolute atomic E-state index is 12.6. The van der Waals surface area contributed by atoms with Crippen LogP contribution in [0.25, 0.3) is 16.6 Å². The number of hydrogen-bond acceptors (Lipinski definition) is 5. The molecule has 0 aliphatic carbocycles. The molecular formula is C25H24N4O4. The van der Waals surface area contributed by atoms with Crippen molar-refractivity contribution in [3.8, 4) is 5.69 Å². The van der Waals surface area contributed by atoms with E-state index in [1.165, 1.54) is 6.07 Å². The molecule has 0 aliphatic rings. The fraction of sp³-hybridized carbons (Fsp3) is 0.200. The van der Waals surface area contributed by atoms with E-state index in [0.717, 1.165) is 11.4 Å². The second-order valence-corrected chi connectivity index (χ2v) is 8.63. The minimum absolute atomic E-state index is 0.103. The summed E-state index contributed by atoms with van der Waals surface area (Å²) in [6.07, 6.45) is 0. The molecular weight excluding hydrogens is 420 g/mol. The normalized spacial score (nSPS) is 11.4. The molecule has 1 amide bonds. The van der Waals surface area contributed by atoms with Crippen LogP contribution in [0, 0.1) is 0 Å². The Bertz CT molecular complexity index is 1380. The largest absolute Gasteiger partial charge is 0.452 e. The van der Waals surface area contributed by atoms with E-state index in [9.17, 15) is 14.4 Å². The van der Waals surface area contributed by atoms with E-state index in [1.54, 1.807) is 35.0 Å². The third kappa shape index (κ3) is 4.85. The summed E-state index contributed by atoms with van der Waals surface area (Å²) in [6, 6.07) is 19.3. The number of benzene rings is 2. The van der Waals surface area contributed by atoms with Crippen LogP contribution >= 0.6 is 0 Å². The predicted octanol–water partition coefficient (Wildman–Crippen LogP) is 3.81. The summed E-state index contributed by atoms with van der Waals surface area (Å²) in [4.78, 5) is 39.8. The van der Waals surface area contributed by atoms with Crippen LogP contribution in [-0.2, 0) is 14.9 Å². The van der Waals surface area contributed by atoms with Crippen LogP contribution in [0.15, 0.2) is 71.5 Å². The second kappa shape index (κ2) is 8.74. The average molecular weight is 444 g/mol. The Balaban J connectivity index is 1.53. The molecule has 168 valence electrons. The van der Waals surface area contributed by atoms with Gasteiger partial charge in [0.2, 0.25) is 5.56 Å². The molecule has 2 N–H and O–H groups in total. The van der Waals surface area contributed by atoms with Crippen LogP contribution in [0.3, 0.4) is 0 Å². The molecule has 0 bridgehead atoms. The lowest BCUT2D eigenvalue weighted by Gasteiger charge is -2.14. The van der Waals surface area contributed by atoms with Crippen LogP contribution in [0.2, 0.25) is 0 Å². The summed E-state index contributed by atoms with van der Waals surface area (Å²) in [5.74, 6) is -0.803. The molecule has 8 heteroatoms. The summed E-state index contributed by atoms with van der Waals surface area (Å²) in [5, 5.41) is 7.96. The van der Waals surface area contributed by atoms with Gasteiger partial charge in [0.15, 0.2) is 6.61 Å². The van der Waals surface area contributed by atoms with Gasteiger partial charge in [-0.3, -0.25) is 9.59 Å². The molecule has 4 aromatic rings. The number of carbonyl (C=O) groups excluding carboxylic acids is 2. The van der Waals surface area contributed by atoms with Gasteiger partial charge in [-0.15, -0.1) is 0 Å². The molecule has 0 aliphatic heterocycles. The van der Waals surface area contributed by atoms with Gasteiger partial charge >= 0.3 is 5.97 Å². The number of nitrogens with one attached hydrogen (secondary N) is 2. The average Bonchev–Trinajstić information content (AvgIpc) is 3.21. The van der Waals surface area contributed by atoms with Crippen LogP contribution in [-0.4, -0.2) is 33.2 Å². The van der Waals surface area contributed by atoms with Crippen LogP contribution in [0.4, 0.5) is 5.82 Å². The molecule has 2 aromatic carbocycles. The summed E-state index contributed by atoms with van der Waals surface area (Å²) >= 11 is 0. The number of rotatable bonds is 5. The number of pyridine rings is 1. The monoisotopic (exact) mass is 444 g/mol. The lowest BCUT2D eigenvalue weighted by molar-refractivity contribution is -0.119. The number of amides is 1. The predicted molar refractivity (Wildman–Crippen MR) is 126 cm³/mol. The van der Waals surface area contributed by atoms with Crippen molar-refractivity contribution < 1.29 is 14.3 Å². The first-order chi connectivity index (χ1) is 15.7. The highest BCUT2D eigenvalue weighted by molar-refractivity contribution is 6.04. The van der Waals surface area contributed by atoms with Crippen molar-refractivity contribution in [1.82, 2.24) is 14.8 Å². The number of carbonyl (C=O) groups is 2. The maximum atomic E-state index is 12.6. The molecule has 0 saturated heterocycles. The zero-order valence-electron chi connectivity index (χ0n) is 18.6. The number of ether oxygens (including phenoxy) is 1. The zero-order chi connectivity index (χ0) is 23.6. The Morgan fingerprint density at radius 2 is 1.73 bits per heavy atom. The minimum atomic E-state index is -0.751. The number of aromatic amines is 1. The van der Waals surface area contributed by atoms with Gasteiger partial charge < -0.3 is 15.0 Å². The lowest BCUT2D eigenvalue weighted by Crippen LogP contribution is -2.23. The number of aromatic nitrogens is 3. The Labute approximate surface area is 190 Å². The van der Waals surface area contributed by atoms with Crippen LogP contribution < -0.4 is 10.9 Å². The third-order valence-corrected chi connectivity index (χ3v) is 5.05. The first kappa shape index (κ1) is 22.0. The molecule has 0 atom stereocenters. The van der Waals surface area contributed by atoms with Gasteiger partial charge in [0.05, 0.1) is 16.9 Å². The second-order valence-electron chi connectivity index (χ2n) is 8.63. The Hall–Kier alpha value is -4.20. The van der Waals surface area contributed by atoms with E-state index in [2.05, 4.69) is 15.4 Å². The van der Waals surface area contributed by atoms with Gasteiger partial charge in [-0.05, 0) is 18.2 Å². The first-order valence-electron chi connectivity index (χ1n) is 10.5. The quantitative estimate of drug-likeness (QED) is 0.456. The van der Waals surface area contributed by atoms with Gasteiger partial charge in [-0.25, -0.2) is 9.48 Å². The van der Waals surface area contributed by atoms with Gasteiger partial charge in [0.1, 0.15) is 5.82 Å². The van der Waals surface area contributed by atoms with Gasteiger partial charge in [-0.1, -0.05) is 57.2 Å². The lowest BCUT2D eigenvalue weighted by atomic mass is 9.92. The molecule has 0 spiro atoms. The van der Waals surface area contributed by atoms with Crippen molar-refractivity contribution in [3.05, 3.63) is 88.3 Å². The van der Waals surface area contributed by atoms with Crippen molar-refractivity contribution in [2.24, 2.45) is 0 Å². The van der Waals surface area contributed by atoms with Crippen molar-refractivity contribution in [3.63, 3.8) is 0 Å². The van der Waals surface area contributed by atoms with Crippen molar-refractivity contribution in [2.45, 2.75) is 26.2 Å². The summed E-state index contributed by atoms with van der Waals surface area (Å²) in [7, 11) is 0. The Kier molecular flexibility index (Phi) is 5.83. The van der Waals surface area contributed by atoms with Crippen LogP contribution in [0.1, 0.15) is 36.8 Å². The molecule has 0 fully saturated rings. The van der Waals surface area contributed by atoms with Crippen molar-refractivity contribution in [2.75, 3.05) is 11.9 Å². The SMILES string of the molecule is CC(C)(C)c1cc(NC(=O)COC(=O)c2cc(=O)[nH]c3ccccc23)n(-c2ccccc2)n1. The topological polar surface area (TPSA) is 106 Å². The van der Waals surface area contributed by atoms with E-state index in [0.29, 0.717) is 16.7 Å². The Morgan fingerprint density at radius 3 is 2.45 bits per heavy atom. The summed E-state index contributed by atoms with van der Waals surface area (Å²) in [5.41, 5.74) is 1.55. The summed E-state index contributed by atoms with van der Waals surface area (Å²) < 4.78 is 6.85. The highest BCUT2D eigenvalue weighted by atomic mass is 16.5. The number of esters is 1. The summed E-state index contributed by atoms with van der Waals surface area (Å²) in [6.45, 7) is 5.59. The van der Waals surface area contributed by atoms with E-state index in [-0.39, 0.29) is 11.0 Å². The molecule has 0 unspecified atom stereocenters. The van der Waals surface area contributed by atoms with E-state index >= 15 is 0 Å². The number of nitrogens with zero attached hydrogens (tertiary/aromatic N) is 2. The van der Waals surface area contributed by atoms with E-state index < -0.39 is 24.0 Å². The van der Waals surface area contributed by atoms with Gasteiger partial charge in [0.25, 0.3) is 5.91 Å². The zero-order valence-corrected chi connectivity index (χ0v) is 18.6. The van der Waals surface area contributed by atoms with E-state index in [1.807, 2.05) is 51.1 Å². The Morgan fingerprint density at radius 1 is 1.03 bits per heavy atom. The van der Waals surface area contributed by atoms with Gasteiger partial charge in [0, 0.05) is 28.5 Å². The molecule has 33 heavy (non-hydrogen) atoms. The highest BCUT2D eigenvalue weighted by Gasteiger charge is 2.22. The molecule has 0 saturated carbocycles. The molecule has 4 rings (SSSR count). The first-order valence-corrected chi connectivity index (χ1v) is 10.5. The minimum Gasteiger partial charge on any atom is -0.452 e. The number of para-hydroxylation sites is 2. The molecule has 2 aromatic heterocycles.